The number of nitrogens with zero attached hydrogens (tertiary/aromatic N) is 2. The maximum atomic E-state index is 3.59. The van der Waals surface area contributed by atoms with Gasteiger partial charge in [0, 0.05) is 38.3 Å². The number of hydrogen-bond donors (Lipinski definition) is 1. The molecular formula is C13H27N3. The van der Waals surface area contributed by atoms with Crippen molar-refractivity contribution < 1.29 is 0 Å². The molecule has 0 amide bonds. The van der Waals surface area contributed by atoms with Crippen LogP contribution in [0.4, 0.5) is 0 Å². The third-order valence-corrected chi connectivity index (χ3v) is 4.18. The van der Waals surface area contributed by atoms with Gasteiger partial charge < -0.3 is 10.2 Å². The van der Waals surface area contributed by atoms with E-state index in [1.165, 1.54) is 45.6 Å². The lowest BCUT2D eigenvalue weighted by Crippen LogP contribution is -2.56. The largest absolute Gasteiger partial charge is 0.311 e. The van der Waals surface area contributed by atoms with Crippen LogP contribution < -0.4 is 5.32 Å². The van der Waals surface area contributed by atoms with Crippen molar-refractivity contribution in [3.05, 3.63) is 0 Å². The molecule has 0 spiro atoms. The number of nitrogens with one attached hydrogen (secondary N) is 1. The van der Waals surface area contributed by atoms with Crippen LogP contribution in [0.15, 0.2) is 0 Å². The van der Waals surface area contributed by atoms with Gasteiger partial charge in [-0.1, -0.05) is 6.92 Å². The fraction of sp³-hybridized carbons (Fsp3) is 1.00. The molecule has 0 radical (unpaired) electrons. The van der Waals surface area contributed by atoms with E-state index < -0.39 is 0 Å². The van der Waals surface area contributed by atoms with E-state index in [1.54, 1.807) is 0 Å². The highest BCUT2D eigenvalue weighted by Gasteiger charge is 2.28. The molecule has 16 heavy (non-hydrogen) atoms. The fourth-order valence-electron chi connectivity index (χ4n) is 3.16. The van der Waals surface area contributed by atoms with Gasteiger partial charge in [-0.3, -0.25) is 4.90 Å². The summed E-state index contributed by atoms with van der Waals surface area (Å²) in [7, 11) is 2.25. The molecule has 2 saturated heterocycles. The predicted octanol–water partition coefficient (Wildman–Crippen LogP) is 1.01. The van der Waals surface area contributed by atoms with Gasteiger partial charge in [0.05, 0.1) is 0 Å². The first kappa shape index (κ1) is 12.3. The van der Waals surface area contributed by atoms with Gasteiger partial charge in [-0.15, -0.1) is 0 Å². The monoisotopic (exact) mass is 225 g/mol. The highest BCUT2D eigenvalue weighted by atomic mass is 15.2. The molecule has 2 fully saturated rings. The summed E-state index contributed by atoms with van der Waals surface area (Å²) in [5.41, 5.74) is 0. The third-order valence-electron chi connectivity index (χ3n) is 4.18. The molecule has 2 rings (SSSR count). The average molecular weight is 225 g/mol. The van der Waals surface area contributed by atoms with Crippen molar-refractivity contribution in [1.82, 2.24) is 15.1 Å². The lowest BCUT2D eigenvalue weighted by molar-refractivity contribution is 0.112. The molecule has 0 aliphatic carbocycles. The number of rotatable bonds is 3. The number of likely N-dealkylation sites (tertiary alicyclic amines) is 1. The molecule has 0 aromatic carbocycles. The van der Waals surface area contributed by atoms with Crippen molar-refractivity contribution in [2.45, 2.75) is 38.8 Å². The van der Waals surface area contributed by atoms with Gasteiger partial charge in [-0.05, 0) is 39.3 Å². The molecule has 3 unspecified atom stereocenters. The standard InChI is InChI=1S/C13H27N3/c1-4-13-7-14-11(2)8-16(13)10-12-5-6-15(3)9-12/h11-14H,4-10H2,1-3H3. The van der Waals surface area contributed by atoms with Crippen molar-refractivity contribution in [2.24, 2.45) is 5.92 Å². The first-order chi connectivity index (χ1) is 7.69. The van der Waals surface area contributed by atoms with E-state index in [0.29, 0.717) is 6.04 Å². The molecule has 3 nitrogen and oxygen atoms in total. The zero-order valence-corrected chi connectivity index (χ0v) is 11.1. The van der Waals surface area contributed by atoms with Crippen LogP contribution in [0.1, 0.15) is 26.7 Å². The minimum Gasteiger partial charge on any atom is -0.311 e. The van der Waals surface area contributed by atoms with Gasteiger partial charge in [0.2, 0.25) is 0 Å². The van der Waals surface area contributed by atoms with Crippen LogP contribution >= 0.6 is 0 Å². The molecule has 0 saturated carbocycles. The molecule has 3 heteroatoms. The molecule has 2 heterocycles. The minimum atomic E-state index is 0.668. The normalized spacial score (nSPS) is 38.1. The van der Waals surface area contributed by atoms with Gasteiger partial charge >= 0.3 is 0 Å². The third kappa shape index (κ3) is 2.96. The molecule has 2 aliphatic heterocycles. The summed E-state index contributed by atoms with van der Waals surface area (Å²) in [6, 6.07) is 1.43. The maximum Gasteiger partial charge on any atom is 0.0218 e. The van der Waals surface area contributed by atoms with Gasteiger partial charge in [-0.25, -0.2) is 0 Å². The van der Waals surface area contributed by atoms with E-state index in [1.807, 2.05) is 0 Å². The smallest absolute Gasteiger partial charge is 0.0218 e. The summed E-state index contributed by atoms with van der Waals surface area (Å²) in [5.74, 6) is 0.907. The minimum absolute atomic E-state index is 0.668. The van der Waals surface area contributed by atoms with E-state index in [0.717, 1.165) is 12.0 Å². The lowest BCUT2D eigenvalue weighted by Gasteiger charge is -2.40. The van der Waals surface area contributed by atoms with Crippen LogP contribution in [0, 0.1) is 5.92 Å². The van der Waals surface area contributed by atoms with Gasteiger partial charge in [0.1, 0.15) is 0 Å². The Hall–Kier alpha value is -0.120. The van der Waals surface area contributed by atoms with E-state index in [-0.39, 0.29) is 0 Å². The second kappa shape index (κ2) is 5.48. The highest BCUT2D eigenvalue weighted by Crippen LogP contribution is 2.19. The van der Waals surface area contributed by atoms with Crippen LogP contribution in [0.3, 0.4) is 0 Å². The van der Waals surface area contributed by atoms with Gasteiger partial charge in [-0.2, -0.15) is 0 Å². The van der Waals surface area contributed by atoms with Gasteiger partial charge in [0.25, 0.3) is 0 Å². The first-order valence-corrected chi connectivity index (χ1v) is 6.85. The molecule has 0 aromatic heterocycles. The number of hydrogen-bond acceptors (Lipinski definition) is 3. The van der Waals surface area contributed by atoms with E-state index in [2.05, 4.69) is 36.0 Å². The average Bonchev–Trinajstić information content (AvgIpc) is 2.64. The Morgan fingerprint density at radius 2 is 2.12 bits per heavy atom. The van der Waals surface area contributed by atoms with Crippen molar-refractivity contribution in [3.63, 3.8) is 0 Å². The molecule has 2 aliphatic rings. The molecule has 3 atom stereocenters. The fourth-order valence-corrected chi connectivity index (χ4v) is 3.16. The lowest BCUT2D eigenvalue weighted by atomic mass is 10.0. The maximum absolute atomic E-state index is 3.59. The Labute approximate surface area is 100 Å². The highest BCUT2D eigenvalue weighted by molar-refractivity contribution is 4.86. The van der Waals surface area contributed by atoms with E-state index in [9.17, 15) is 0 Å². The van der Waals surface area contributed by atoms with E-state index in [4.69, 9.17) is 0 Å². The molecule has 0 aromatic rings. The zero-order valence-electron chi connectivity index (χ0n) is 11.1. The van der Waals surface area contributed by atoms with Crippen molar-refractivity contribution >= 4 is 0 Å². The summed E-state index contributed by atoms with van der Waals surface area (Å²) in [6.07, 6.45) is 2.67. The Morgan fingerprint density at radius 3 is 2.75 bits per heavy atom. The van der Waals surface area contributed by atoms with Crippen LogP contribution in [-0.4, -0.2) is 61.7 Å². The van der Waals surface area contributed by atoms with Crippen LogP contribution in [0.2, 0.25) is 0 Å². The molecular weight excluding hydrogens is 198 g/mol. The number of piperazine rings is 1. The quantitative estimate of drug-likeness (QED) is 0.773. The first-order valence-electron chi connectivity index (χ1n) is 6.85. The summed E-state index contributed by atoms with van der Waals surface area (Å²) in [4.78, 5) is 5.20. The van der Waals surface area contributed by atoms with E-state index >= 15 is 0 Å². The second-order valence-electron chi connectivity index (χ2n) is 5.74. The van der Waals surface area contributed by atoms with Crippen molar-refractivity contribution in [2.75, 3.05) is 39.8 Å². The Bertz CT molecular complexity index is 219. The topological polar surface area (TPSA) is 18.5 Å². The molecule has 1 N–H and O–H groups in total. The van der Waals surface area contributed by atoms with Crippen LogP contribution in [0.5, 0.6) is 0 Å². The Morgan fingerprint density at radius 1 is 1.31 bits per heavy atom. The summed E-state index contributed by atoms with van der Waals surface area (Å²) in [6.45, 7) is 10.9. The summed E-state index contributed by atoms with van der Waals surface area (Å²) in [5, 5.41) is 3.59. The predicted molar refractivity (Wildman–Crippen MR) is 68.7 cm³/mol. The summed E-state index contributed by atoms with van der Waals surface area (Å²) < 4.78 is 0. The Balaban J connectivity index is 1.85. The summed E-state index contributed by atoms with van der Waals surface area (Å²) >= 11 is 0. The second-order valence-corrected chi connectivity index (χ2v) is 5.74. The Kier molecular flexibility index (Phi) is 4.22. The van der Waals surface area contributed by atoms with Crippen LogP contribution in [0.25, 0.3) is 0 Å². The SMILES string of the molecule is CCC1CNC(C)CN1CC1CCN(C)C1. The molecule has 94 valence electrons. The zero-order chi connectivity index (χ0) is 11.5. The van der Waals surface area contributed by atoms with Crippen LogP contribution in [-0.2, 0) is 0 Å². The molecule has 0 bridgehead atoms. The van der Waals surface area contributed by atoms with Crippen molar-refractivity contribution in [1.29, 1.82) is 0 Å². The van der Waals surface area contributed by atoms with Gasteiger partial charge in [0.15, 0.2) is 0 Å². The van der Waals surface area contributed by atoms with Crippen molar-refractivity contribution in [3.8, 4) is 0 Å².